The topological polar surface area (TPSA) is 54.9 Å². The van der Waals surface area contributed by atoms with Gasteiger partial charge in [-0.2, -0.15) is 4.52 Å². The molecule has 3 aromatic rings. The first-order chi connectivity index (χ1) is 11.3. The molecule has 4 heterocycles. The van der Waals surface area contributed by atoms with Crippen LogP contribution in [0.15, 0.2) is 17.5 Å². The smallest absolute Gasteiger partial charge is 0.235 e. The van der Waals surface area contributed by atoms with Gasteiger partial charge in [-0.05, 0) is 30.7 Å². The molecule has 0 radical (unpaired) electrons. The van der Waals surface area contributed by atoms with Crippen LogP contribution in [0, 0.1) is 0 Å². The summed E-state index contributed by atoms with van der Waals surface area (Å²) >= 11 is 3.36. The summed E-state index contributed by atoms with van der Waals surface area (Å²) in [6.07, 6.45) is 4.63. The van der Waals surface area contributed by atoms with E-state index in [1.165, 1.54) is 24.1 Å². The Morgan fingerprint density at radius 1 is 1.35 bits per heavy atom. The number of thiazole rings is 1. The van der Waals surface area contributed by atoms with Crippen LogP contribution in [0.2, 0.25) is 0 Å². The van der Waals surface area contributed by atoms with E-state index in [1.54, 1.807) is 32.1 Å². The van der Waals surface area contributed by atoms with Crippen molar-refractivity contribution in [2.75, 3.05) is 13.1 Å². The second-order valence-corrected chi connectivity index (χ2v) is 8.02. The van der Waals surface area contributed by atoms with Gasteiger partial charge in [0.1, 0.15) is 4.88 Å². The minimum absolute atomic E-state index is 0.203. The summed E-state index contributed by atoms with van der Waals surface area (Å²) in [5.41, 5.74) is 0. The molecule has 0 saturated carbocycles. The number of hydrogen-bond donors (Lipinski definition) is 2. The summed E-state index contributed by atoms with van der Waals surface area (Å²) in [6, 6.07) is 4.48. The van der Waals surface area contributed by atoms with Gasteiger partial charge in [-0.15, -0.1) is 16.4 Å². The molecule has 0 amide bonds. The standard InChI is InChI=1S/C16H20N4OS2/c1-2-12-17-16-20(18-12)15(21)14(23-16)13(11-7-6-10-22-11)19-8-4-3-5-9-19/h6-7,10,13,21H,2-5,8-9H2,1H3/p+1/t13-/m1/s1. The summed E-state index contributed by atoms with van der Waals surface area (Å²) in [7, 11) is 0. The van der Waals surface area contributed by atoms with Gasteiger partial charge in [0.15, 0.2) is 11.9 Å². The lowest BCUT2D eigenvalue weighted by Crippen LogP contribution is -3.13. The zero-order chi connectivity index (χ0) is 15.8. The number of aryl methyl sites for hydroxylation is 1. The fraction of sp³-hybridized carbons (Fsp3) is 0.500. The van der Waals surface area contributed by atoms with Gasteiger partial charge in [0, 0.05) is 6.42 Å². The van der Waals surface area contributed by atoms with Gasteiger partial charge in [0.05, 0.1) is 18.0 Å². The maximum atomic E-state index is 10.8. The predicted molar refractivity (Wildman–Crippen MR) is 92.6 cm³/mol. The van der Waals surface area contributed by atoms with E-state index < -0.39 is 0 Å². The van der Waals surface area contributed by atoms with Gasteiger partial charge in [0.2, 0.25) is 10.8 Å². The molecule has 0 aliphatic carbocycles. The van der Waals surface area contributed by atoms with Crippen LogP contribution >= 0.6 is 22.7 Å². The fourth-order valence-electron chi connectivity index (χ4n) is 3.39. The van der Waals surface area contributed by atoms with E-state index in [4.69, 9.17) is 0 Å². The predicted octanol–water partition coefficient (Wildman–Crippen LogP) is 2.28. The van der Waals surface area contributed by atoms with Crippen molar-refractivity contribution in [3.05, 3.63) is 33.1 Å². The lowest BCUT2D eigenvalue weighted by atomic mass is 10.1. The van der Waals surface area contributed by atoms with Crippen LogP contribution < -0.4 is 4.90 Å². The van der Waals surface area contributed by atoms with Crippen molar-refractivity contribution < 1.29 is 10.0 Å². The summed E-state index contributed by atoms with van der Waals surface area (Å²) < 4.78 is 1.61. The van der Waals surface area contributed by atoms with Crippen molar-refractivity contribution in [3.63, 3.8) is 0 Å². The van der Waals surface area contributed by atoms with E-state index in [-0.39, 0.29) is 11.9 Å². The Balaban J connectivity index is 1.79. The first-order valence-corrected chi connectivity index (χ1v) is 9.92. The maximum absolute atomic E-state index is 10.8. The lowest BCUT2D eigenvalue weighted by Gasteiger charge is -2.30. The Labute approximate surface area is 143 Å². The third kappa shape index (κ3) is 2.66. The highest BCUT2D eigenvalue weighted by Crippen LogP contribution is 2.36. The van der Waals surface area contributed by atoms with Crippen molar-refractivity contribution in [1.82, 2.24) is 14.6 Å². The molecule has 5 nitrogen and oxygen atoms in total. The third-order valence-electron chi connectivity index (χ3n) is 4.55. The van der Waals surface area contributed by atoms with E-state index in [1.807, 2.05) is 6.92 Å². The lowest BCUT2D eigenvalue weighted by molar-refractivity contribution is -0.929. The number of aromatic hydroxyl groups is 1. The van der Waals surface area contributed by atoms with Gasteiger partial charge < -0.3 is 10.0 Å². The Bertz CT molecular complexity index is 787. The molecule has 2 N–H and O–H groups in total. The van der Waals surface area contributed by atoms with Crippen molar-refractivity contribution in [1.29, 1.82) is 0 Å². The molecule has 7 heteroatoms. The van der Waals surface area contributed by atoms with E-state index in [9.17, 15) is 5.11 Å². The molecule has 0 aromatic carbocycles. The van der Waals surface area contributed by atoms with Crippen LogP contribution in [0.1, 0.15) is 47.8 Å². The molecule has 0 unspecified atom stereocenters. The summed E-state index contributed by atoms with van der Waals surface area (Å²) in [5.74, 6) is 1.06. The van der Waals surface area contributed by atoms with Crippen molar-refractivity contribution in [3.8, 4) is 5.88 Å². The number of quaternary nitrogens is 1. The minimum atomic E-state index is 0.203. The van der Waals surface area contributed by atoms with Crippen molar-refractivity contribution in [2.24, 2.45) is 0 Å². The average Bonchev–Trinajstić information content (AvgIpc) is 3.29. The van der Waals surface area contributed by atoms with Gasteiger partial charge >= 0.3 is 0 Å². The Hall–Kier alpha value is -1.44. The highest BCUT2D eigenvalue weighted by atomic mass is 32.1. The number of piperidine rings is 1. The quantitative estimate of drug-likeness (QED) is 0.760. The Morgan fingerprint density at radius 2 is 2.17 bits per heavy atom. The molecule has 1 fully saturated rings. The molecule has 0 spiro atoms. The number of likely N-dealkylation sites (tertiary alicyclic amines) is 1. The number of hydrogen-bond acceptors (Lipinski definition) is 5. The number of nitrogens with zero attached hydrogens (tertiary/aromatic N) is 3. The van der Waals surface area contributed by atoms with Gasteiger partial charge in [-0.3, -0.25) is 0 Å². The highest BCUT2D eigenvalue weighted by molar-refractivity contribution is 7.17. The zero-order valence-corrected chi connectivity index (χ0v) is 14.8. The first kappa shape index (κ1) is 15.1. The van der Waals surface area contributed by atoms with Gasteiger partial charge in [-0.25, -0.2) is 4.98 Å². The highest BCUT2D eigenvalue weighted by Gasteiger charge is 2.34. The molecule has 4 rings (SSSR count). The first-order valence-electron chi connectivity index (χ1n) is 8.23. The molecular formula is C16H21N4OS2+. The second-order valence-electron chi connectivity index (χ2n) is 6.03. The van der Waals surface area contributed by atoms with Crippen LogP contribution in [0.5, 0.6) is 5.88 Å². The molecule has 1 saturated heterocycles. The monoisotopic (exact) mass is 349 g/mol. The largest absolute Gasteiger partial charge is 0.492 e. The molecule has 23 heavy (non-hydrogen) atoms. The molecule has 122 valence electrons. The number of rotatable bonds is 4. The summed E-state index contributed by atoms with van der Waals surface area (Å²) in [6.45, 7) is 4.36. The molecule has 1 atom stereocenters. The fourth-order valence-corrected chi connectivity index (χ4v) is 5.51. The molecule has 1 aliphatic rings. The molecular weight excluding hydrogens is 328 g/mol. The van der Waals surface area contributed by atoms with Crippen LogP contribution in [-0.2, 0) is 6.42 Å². The summed E-state index contributed by atoms with van der Waals surface area (Å²) in [4.78, 5) is 9.19. The average molecular weight is 350 g/mol. The maximum Gasteiger partial charge on any atom is 0.235 e. The number of nitrogens with one attached hydrogen (secondary N) is 1. The van der Waals surface area contributed by atoms with Crippen LogP contribution in [-0.4, -0.2) is 32.8 Å². The SMILES string of the molecule is CCc1nc2sc([C@@H](c3cccs3)[NH+]3CCCCC3)c(O)n2n1. The van der Waals surface area contributed by atoms with Crippen LogP contribution in [0.25, 0.3) is 4.96 Å². The number of aromatic nitrogens is 3. The van der Waals surface area contributed by atoms with E-state index in [0.29, 0.717) is 0 Å². The number of thiophene rings is 1. The van der Waals surface area contributed by atoms with E-state index in [0.717, 1.165) is 35.2 Å². The van der Waals surface area contributed by atoms with Gasteiger partial charge in [0.25, 0.3) is 0 Å². The van der Waals surface area contributed by atoms with Crippen LogP contribution in [0.3, 0.4) is 0 Å². The number of fused-ring (bicyclic) bond motifs is 1. The zero-order valence-electron chi connectivity index (χ0n) is 13.2. The Morgan fingerprint density at radius 3 is 2.83 bits per heavy atom. The second kappa shape index (κ2) is 6.22. The van der Waals surface area contributed by atoms with Gasteiger partial charge in [-0.1, -0.05) is 24.3 Å². The summed E-state index contributed by atoms with van der Waals surface area (Å²) in [5, 5.41) is 17.3. The molecule has 0 bridgehead atoms. The normalized spacial score (nSPS) is 17.8. The minimum Gasteiger partial charge on any atom is -0.492 e. The van der Waals surface area contributed by atoms with Crippen LogP contribution in [0.4, 0.5) is 0 Å². The van der Waals surface area contributed by atoms with Crippen molar-refractivity contribution >= 4 is 27.6 Å². The van der Waals surface area contributed by atoms with Crippen molar-refractivity contribution in [2.45, 2.75) is 38.6 Å². The van der Waals surface area contributed by atoms with E-state index >= 15 is 0 Å². The van der Waals surface area contributed by atoms with E-state index in [2.05, 4.69) is 27.6 Å². The molecule has 1 aliphatic heterocycles. The molecule has 3 aromatic heterocycles. The third-order valence-corrected chi connectivity index (χ3v) is 6.58. The Kier molecular flexibility index (Phi) is 4.09.